The molecule has 2 rings (SSSR count). The van der Waals surface area contributed by atoms with Crippen molar-refractivity contribution in [3.05, 3.63) is 32.6 Å². The molecule has 0 unspecified atom stereocenters. The van der Waals surface area contributed by atoms with Crippen molar-refractivity contribution in [2.45, 2.75) is 50.7 Å². The summed E-state index contributed by atoms with van der Waals surface area (Å²) >= 11 is 0. The summed E-state index contributed by atoms with van der Waals surface area (Å²) in [5.74, 6) is 0. The Morgan fingerprint density at radius 1 is 1.52 bits per heavy atom. The maximum absolute atomic E-state index is 11.8. The molecule has 0 saturated carbocycles. The molecule has 4 N–H and O–H groups in total. The van der Waals surface area contributed by atoms with Gasteiger partial charge in [-0.25, -0.2) is 4.79 Å². The molecule has 0 aliphatic carbocycles. The van der Waals surface area contributed by atoms with Gasteiger partial charge < -0.3 is 20.1 Å². The first-order valence-corrected chi connectivity index (χ1v) is 6.88. The number of hydrogen-bond donors (Lipinski definition) is 4. The molecule has 0 aromatic carbocycles. The van der Waals surface area contributed by atoms with Crippen molar-refractivity contribution in [1.82, 2.24) is 9.55 Å². The van der Waals surface area contributed by atoms with Crippen LogP contribution >= 0.6 is 0 Å². The van der Waals surface area contributed by atoms with Gasteiger partial charge in [0, 0.05) is 24.8 Å². The number of aliphatic hydroxyl groups is 3. The van der Waals surface area contributed by atoms with Gasteiger partial charge in [-0.1, -0.05) is 0 Å². The third-order valence-electron chi connectivity index (χ3n) is 3.63. The van der Waals surface area contributed by atoms with E-state index in [1.807, 2.05) is 0 Å². The summed E-state index contributed by atoms with van der Waals surface area (Å²) in [4.78, 5) is 25.3. The van der Waals surface area contributed by atoms with Crippen LogP contribution < -0.4 is 11.2 Å². The second-order valence-corrected chi connectivity index (χ2v) is 5.27. The number of ether oxygens (including phenoxy) is 1. The molecule has 1 fully saturated rings. The Balaban J connectivity index is 2.16. The standard InChI is InChI=1S/C13H20N2O6/c1-7-6-15(13(20)14-12(7)19)10-5-9(18)11(21-10)8(17)3-2-4-16/h6,8-11,16-18H,2-5H2,1H3,(H,14,19,20)/t8-,9+,10-,11-/m1/s1. The van der Waals surface area contributed by atoms with Gasteiger partial charge in [-0.2, -0.15) is 0 Å². The van der Waals surface area contributed by atoms with Gasteiger partial charge in [0.2, 0.25) is 0 Å². The SMILES string of the molecule is Cc1cn([C@H]2C[C@H](O)[C@@H]([C@H](O)CCCO)O2)c(=O)[nH]c1=O. The van der Waals surface area contributed by atoms with Crippen molar-refractivity contribution >= 4 is 0 Å². The molecule has 118 valence electrons. The lowest BCUT2D eigenvalue weighted by atomic mass is 10.0. The van der Waals surface area contributed by atoms with E-state index < -0.39 is 35.8 Å². The molecule has 4 atom stereocenters. The average molecular weight is 300 g/mol. The molecule has 0 amide bonds. The van der Waals surface area contributed by atoms with Crippen LogP contribution in [0.3, 0.4) is 0 Å². The van der Waals surface area contributed by atoms with E-state index in [0.29, 0.717) is 18.4 Å². The highest BCUT2D eigenvalue weighted by molar-refractivity contribution is 5.02. The average Bonchev–Trinajstić information content (AvgIpc) is 2.82. The van der Waals surface area contributed by atoms with Crippen LogP contribution in [0.25, 0.3) is 0 Å². The number of aromatic amines is 1. The van der Waals surface area contributed by atoms with Crippen molar-refractivity contribution in [2.75, 3.05) is 6.61 Å². The van der Waals surface area contributed by atoms with Gasteiger partial charge in [0.25, 0.3) is 5.56 Å². The molecule has 1 aliphatic heterocycles. The van der Waals surface area contributed by atoms with Crippen molar-refractivity contribution in [1.29, 1.82) is 0 Å². The van der Waals surface area contributed by atoms with Crippen LogP contribution in [0.15, 0.2) is 15.8 Å². The van der Waals surface area contributed by atoms with Gasteiger partial charge in [-0.15, -0.1) is 0 Å². The fourth-order valence-electron chi connectivity index (χ4n) is 2.46. The quantitative estimate of drug-likeness (QED) is 0.531. The molecule has 8 nitrogen and oxygen atoms in total. The summed E-state index contributed by atoms with van der Waals surface area (Å²) in [5, 5.41) is 28.7. The highest BCUT2D eigenvalue weighted by atomic mass is 16.5. The number of H-pyrrole nitrogens is 1. The first kappa shape index (κ1) is 15.9. The van der Waals surface area contributed by atoms with Crippen molar-refractivity contribution in [3.8, 4) is 0 Å². The maximum atomic E-state index is 11.8. The molecule has 1 aliphatic rings. The van der Waals surface area contributed by atoms with Crippen LogP contribution in [0.5, 0.6) is 0 Å². The largest absolute Gasteiger partial charge is 0.396 e. The highest BCUT2D eigenvalue weighted by Gasteiger charge is 2.39. The monoisotopic (exact) mass is 300 g/mol. The van der Waals surface area contributed by atoms with Gasteiger partial charge in [0.1, 0.15) is 12.3 Å². The van der Waals surface area contributed by atoms with Crippen LogP contribution in [0.4, 0.5) is 0 Å². The molecule has 8 heteroatoms. The van der Waals surface area contributed by atoms with Gasteiger partial charge in [0.15, 0.2) is 0 Å². The fraction of sp³-hybridized carbons (Fsp3) is 0.692. The minimum absolute atomic E-state index is 0.0537. The summed E-state index contributed by atoms with van der Waals surface area (Å²) in [6.07, 6.45) is -1.18. The van der Waals surface area contributed by atoms with Crippen LogP contribution in [0.2, 0.25) is 0 Å². The molecule has 1 aromatic rings. The van der Waals surface area contributed by atoms with Gasteiger partial charge in [-0.05, 0) is 19.8 Å². The molecule has 21 heavy (non-hydrogen) atoms. The van der Waals surface area contributed by atoms with E-state index in [1.54, 1.807) is 6.92 Å². The molecule has 1 saturated heterocycles. The summed E-state index contributed by atoms with van der Waals surface area (Å²) < 4.78 is 6.76. The molecular formula is C13H20N2O6. The normalized spacial score (nSPS) is 27.0. The van der Waals surface area contributed by atoms with Gasteiger partial charge in [-0.3, -0.25) is 14.3 Å². The zero-order valence-electron chi connectivity index (χ0n) is 11.7. The predicted molar refractivity (Wildman–Crippen MR) is 72.9 cm³/mol. The third-order valence-corrected chi connectivity index (χ3v) is 3.63. The van der Waals surface area contributed by atoms with E-state index >= 15 is 0 Å². The summed E-state index contributed by atoms with van der Waals surface area (Å²) in [7, 11) is 0. The maximum Gasteiger partial charge on any atom is 0.330 e. The first-order chi connectivity index (χ1) is 9.93. The van der Waals surface area contributed by atoms with Crippen molar-refractivity contribution in [3.63, 3.8) is 0 Å². The first-order valence-electron chi connectivity index (χ1n) is 6.88. The Morgan fingerprint density at radius 2 is 2.24 bits per heavy atom. The molecule has 0 bridgehead atoms. The predicted octanol–water partition coefficient (Wildman–Crippen LogP) is -1.37. The Hall–Kier alpha value is -1.48. The summed E-state index contributed by atoms with van der Waals surface area (Å²) in [6.45, 7) is 1.51. The van der Waals surface area contributed by atoms with Crippen molar-refractivity contribution < 1.29 is 20.1 Å². The lowest BCUT2D eigenvalue weighted by Crippen LogP contribution is -2.35. The van der Waals surface area contributed by atoms with Gasteiger partial charge >= 0.3 is 5.69 Å². The highest BCUT2D eigenvalue weighted by Crippen LogP contribution is 2.30. The Kier molecular flexibility index (Phi) is 4.94. The second-order valence-electron chi connectivity index (χ2n) is 5.27. The topological polar surface area (TPSA) is 125 Å². The minimum Gasteiger partial charge on any atom is -0.396 e. The van der Waals surface area contributed by atoms with E-state index in [2.05, 4.69) is 4.98 Å². The minimum atomic E-state index is -0.920. The lowest BCUT2D eigenvalue weighted by molar-refractivity contribution is -0.0863. The second kappa shape index (κ2) is 6.52. The third kappa shape index (κ3) is 3.41. The van der Waals surface area contributed by atoms with Gasteiger partial charge in [0.05, 0.1) is 12.2 Å². The van der Waals surface area contributed by atoms with Crippen LogP contribution in [-0.4, -0.2) is 49.8 Å². The smallest absolute Gasteiger partial charge is 0.330 e. The molecule has 1 aromatic heterocycles. The number of aryl methyl sites for hydroxylation is 1. The molecule has 0 radical (unpaired) electrons. The molecular weight excluding hydrogens is 280 g/mol. The number of rotatable bonds is 5. The zero-order chi connectivity index (χ0) is 15.6. The molecule has 2 heterocycles. The van der Waals surface area contributed by atoms with E-state index in [4.69, 9.17) is 9.84 Å². The number of aromatic nitrogens is 2. The summed E-state index contributed by atoms with van der Waals surface area (Å²) in [6, 6.07) is 0. The lowest BCUT2D eigenvalue weighted by Gasteiger charge is -2.21. The number of nitrogens with zero attached hydrogens (tertiary/aromatic N) is 1. The van der Waals surface area contributed by atoms with Crippen LogP contribution in [0.1, 0.15) is 31.1 Å². The number of nitrogens with one attached hydrogen (secondary N) is 1. The zero-order valence-corrected chi connectivity index (χ0v) is 11.7. The van der Waals surface area contributed by atoms with Crippen molar-refractivity contribution in [2.24, 2.45) is 0 Å². The Bertz CT molecular complexity index is 595. The Labute approximate surface area is 120 Å². The van der Waals surface area contributed by atoms with Crippen LogP contribution in [-0.2, 0) is 4.74 Å². The Morgan fingerprint density at radius 3 is 2.90 bits per heavy atom. The van der Waals surface area contributed by atoms with E-state index in [9.17, 15) is 19.8 Å². The van der Waals surface area contributed by atoms with Crippen LogP contribution in [0, 0.1) is 6.92 Å². The number of aliphatic hydroxyl groups excluding tert-OH is 3. The van der Waals surface area contributed by atoms with E-state index in [0.717, 1.165) is 0 Å². The molecule has 0 spiro atoms. The number of hydrogen-bond acceptors (Lipinski definition) is 6. The summed E-state index contributed by atoms with van der Waals surface area (Å²) in [5.41, 5.74) is -0.723. The fourth-order valence-corrected chi connectivity index (χ4v) is 2.46. The van der Waals surface area contributed by atoms with E-state index in [1.165, 1.54) is 10.8 Å². The van der Waals surface area contributed by atoms with E-state index in [-0.39, 0.29) is 13.0 Å².